The normalized spacial score (nSPS) is 12.4. The number of nitrogens with two attached hydrogens (primary N) is 1. The largest absolute Gasteiger partial charge is 0.494 e. The molecule has 0 saturated carbocycles. The van der Waals surface area contributed by atoms with E-state index in [0.717, 1.165) is 50.2 Å². The fraction of sp³-hybridized carbons (Fsp3) is 0.600. The van der Waals surface area contributed by atoms with Crippen LogP contribution in [-0.2, 0) is 4.74 Å². The van der Waals surface area contributed by atoms with E-state index in [-0.39, 0.29) is 6.04 Å². The molecule has 0 aromatic heterocycles. The highest BCUT2D eigenvalue weighted by Gasteiger charge is 2.05. The van der Waals surface area contributed by atoms with E-state index in [1.54, 1.807) is 7.11 Å². The van der Waals surface area contributed by atoms with Gasteiger partial charge in [0, 0.05) is 19.8 Å². The molecule has 1 aromatic rings. The molecule has 0 heterocycles. The fourth-order valence-electron chi connectivity index (χ4n) is 1.76. The number of hydrogen-bond donors (Lipinski definition) is 1. The Hall–Kier alpha value is -1.06. The first-order valence-corrected chi connectivity index (χ1v) is 6.75. The van der Waals surface area contributed by atoms with Crippen LogP contribution in [0.3, 0.4) is 0 Å². The monoisotopic (exact) mass is 251 g/mol. The second-order valence-electron chi connectivity index (χ2n) is 4.51. The average molecular weight is 251 g/mol. The molecular weight excluding hydrogens is 226 g/mol. The highest BCUT2D eigenvalue weighted by Crippen LogP contribution is 2.19. The highest BCUT2D eigenvalue weighted by atomic mass is 16.5. The Morgan fingerprint density at radius 1 is 1.11 bits per heavy atom. The molecule has 0 radical (unpaired) electrons. The summed E-state index contributed by atoms with van der Waals surface area (Å²) in [6.07, 6.45) is 4.19. The smallest absolute Gasteiger partial charge is 0.119 e. The minimum atomic E-state index is 0.0878. The van der Waals surface area contributed by atoms with E-state index in [9.17, 15) is 0 Å². The molecule has 2 N–H and O–H groups in total. The molecule has 0 fully saturated rings. The van der Waals surface area contributed by atoms with Crippen molar-refractivity contribution in [1.82, 2.24) is 0 Å². The lowest BCUT2D eigenvalue weighted by Gasteiger charge is -2.12. The maximum atomic E-state index is 6.11. The molecule has 0 aliphatic carbocycles. The quantitative estimate of drug-likeness (QED) is 0.685. The van der Waals surface area contributed by atoms with Crippen LogP contribution in [0.4, 0.5) is 0 Å². The van der Waals surface area contributed by atoms with Crippen molar-refractivity contribution in [2.75, 3.05) is 20.3 Å². The molecule has 1 atom stereocenters. The van der Waals surface area contributed by atoms with Crippen LogP contribution in [0.2, 0.25) is 0 Å². The Bertz CT molecular complexity index is 311. The molecule has 0 spiro atoms. The Kier molecular flexibility index (Phi) is 7.46. The van der Waals surface area contributed by atoms with Crippen LogP contribution in [0, 0.1) is 0 Å². The van der Waals surface area contributed by atoms with Crippen LogP contribution in [-0.4, -0.2) is 20.3 Å². The van der Waals surface area contributed by atoms with E-state index in [4.69, 9.17) is 15.2 Å². The molecule has 0 aliphatic heterocycles. The van der Waals surface area contributed by atoms with Crippen molar-refractivity contribution in [1.29, 1.82) is 0 Å². The number of rotatable bonds is 9. The lowest BCUT2D eigenvalue weighted by molar-refractivity contribution is 0.190. The second-order valence-corrected chi connectivity index (χ2v) is 4.51. The third kappa shape index (κ3) is 5.52. The SMILES string of the molecule is CCCCOc1ccc(C(N)CCCOC)cc1. The van der Waals surface area contributed by atoms with Crippen molar-refractivity contribution in [3.63, 3.8) is 0 Å². The lowest BCUT2D eigenvalue weighted by Crippen LogP contribution is -2.11. The molecular formula is C15H25NO2. The first kappa shape index (κ1) is 15.0. The zero-order valence-corrected chi connectivity index (χ0v) is 11.5. The van der Waals surface area contributed by atoms with Gasteiger partial charge in [-0.25, -0.2) is 0 Å². The molecule has 1 rings (SSSR count). The number of ether oxygens (including phenoxy) is 2. The molecule has 1 unspecified atom stereocenters. The summed E-state index contributed by atoms with van der Waals surface area (Å²) in [7, 11) is 1.72. The van der Waals surface area contributed by atoms with Gasteiger partial charge in [-0.3, -0.25) is 0 Å². The summed E-state index contributed by atoms with van der Waals surface area (Å²) in [4.78, 5) is 0. The van der Waals surface area contributed by atoms with E-state index in [2.05, 4.69) is 19.1 Å². The van der Waals surface area contributed by atoms with Crippen LogP contribution in [0.15, 0.2) is 24.3 Å². The molecule has 0 bridgehead atoms. The fourth-order valence-corrected chi connectivity index (χ4v) is 1.76. The van der Waals surface area contributed by atoms with Gasteiger partial charge in [0.15, 0.2) is 0 Å². The van der Waals surface area contributed by atoms with Gasteiger partial charge in [-0.15, -0.1) is 0 Å². The molecule has 1 aromatic carbocycles. The van der Waals surface area contributed by atoms with Gasteiger partial charge in [-0.05, 0) is 37.0 Å². The van der Waals surface area contributed by atoms with Crippen LogP contribution < -0.4 is 10.5 Å². The van der Waals surface area contributed by atoms with Crippen LogP contribution in [0.25, 0.3) is 0 Å². The average Bonchev–Trinajstić information content (AvgIpc) is 2.40. The van der Waals surface area contributed by atoms with Gasteiger partial charge in [0.1, 0.15) is 5.75 Å². The lowest BCUT2D eigenvalue weighted by atomic mass is 10.0. The molecule has 0 saturated heterocycles. The minimum Gasteiger partial charge on any atom is -0.494 e. The van der Waals surface area contributed by atoms with Gasteiger partial charge in [-0.2, -0.15) is 0 Å². The summed E-state index contributed by atoms with van der Waals surface area (Å²) >= 11 is 0. The topological polar surface area (TPSA) is 44.5 Å². The van der Waals surface area contributed by atoms with Gasteiger partial charge >= 0.3 is 0 Å². The van der Waals surface area contributed by atoms with Crippen molar-refractivity contribution < 1.29 is 9.47 Å². The van der Waals surface area contributed by atoms with E-state index < -0.39 is 0 Å². The Labute approximate surface area is 110 Å². The van der Waals surface area contributed by atoms with E-state index in [1.807, 2.05) is 12.1 Å². The van der Waals surface area contributed by atoms with Crippen LogP contribution >= 0.6 is 0 Å². The highest BCUT2D eigenvalue weighted by molar-refractivity contribution is 5.29. The molecule has 3 heteroatoms. The predicted octanol–water partition coefficient (Wildman–Crippen LogP) is 3.29. The third-order valence-electron chi connectivity index (χ3n) is 2.94. The zero-order valence-electron chi connectivity index (χ0n) is 11.5. The van der Waals surface area contributed by atoms with Crippen molar-refractivity contribution in [2.24, 2.45) is 5.73 Å². The van der Waals surface area contributed by atoms with Gasteiger partial charge in [-0.1, -0.05) is 25.5 Å². The maximum absolute atomic E-state index is 6.11. The number of methoxy groups -OCH3 is 1. The van der Waals surface area contributed by atoms with Crippen LogP contribution in [0.1, 0.15) is 44.2 Å². The van der Waals surface area contributed by atoms with E-state index in [1.165, 1.54) is 0 Å². The zero-order chi connectivity index (χ0) is 13.2. The minimum absolute atomic E-state index is 0.0878. The number of benzene rings is 1. The van der Waals surface area contributed by atoms with E-state index in [0.29, 0.717) is 0 Å². The van der Waals surface area contributed by atoms with Crippen molar-refractivity contribution in [3.05, 3.63) is 29.8 Å². The van der Waals surface area contributed by atoms with Gasteiger partial charge < -0.3 is 15.2 Å². The molecule has 3 nitrogen and oxygen atoms in total. The van der Waals surface area contributed by atoms with Crippen molar-refractivity contribution in [2.45, 2.75) is 38.6 Å². The first-order chi connectivity index (χ1) is 8.77. The summed E-state index contributed by atoms with van der Waals surface area (Å²) in [5, 5.41) is 0. The Balaban J connectivity index is 2.38. The Morgan fingerprint density at radius 2 is 1.83 bits per heavy atom. The summed E-state index contributed by atoms with van der Waals surface area (Å²) in [6, 6.07) is 8.20. The molecule has 18 heavy (non-hydrogen) atoms. The Morgan fingerprint density at radius 3 is 2.44 bits per heavy atom. The summed E-state index contributed by atoms with van der Waals surface area (Å²) in [5.41, 5.74) is 7.27. The van der Waals surface area contributed by atoms with Crippen molar-refractivity contribution >= 4 is 0 Å². The standard InChI is InChI=1S/C15H25NO2/c1-3-4-12-18-14-9-7-13(8-10-14)15(16)6-5-11-17-2/h7-10,15H,3-6,11-12,16H2,1-2H3. The third-order valence-corrected chi connectivity index (χ3v) is 2.94. The first-order valence-electron chi connectivity index (χ1n) is 6.75. The molecule has 0 aliphatic rings. The summed E-state index contributed by atoms with van der Waals surface area (Å²) < 4.78 is 10.6. The second kappa shape index (κ2) is 8.95. The molecule has 0 amide bonds. The molecule has 102 valence electrons. The van der Waals surface area contributed by atoms with E-state index >= 15 is 0 Å². The number of hydrogen-bond acceptors (Lipinski definition) is 3. The van der Waals surface area contributed by atoms with Crippen molar-refractivity contribution in [3.8, 4) is 5.75 Å². The maximum Gasteiger partial charge on any atom is 0.119 e. The van der Waals surface area contributed by atoms with Gasteiger partial charge in [0.25, 0.3) is 0 Å². The summed E-state index contributed by atoms with van der Waals surface area (Å²) in [5.74, 6) is 0.927. The van der Waals surface area contributed by atoms with Gasteiger partial charge in [0.2, 0.25) is 0 Å². The van der Waals surface area contributed by atoms with Gasteiger partial charge in [0.05, 0.1) is 6.61 Å². The number of unbranched alkanes of at least 4 members (excludes halogenated alkanes) is 1. The predicted molar refractivity (Wildman–Crippen MR) is 74.9 cm³/mol. The summed E-state index contributed by atoms with van der Waals surface area (Å²) in [6.45, 7) is 3.72. The van der Waals surface area contributed by atoms with Crippen LogP contribution in [0.5, 0.6) is 5.75 Å².